The molecule has 35 heavy (non-hydrogen) atoms. The van der Waals surface area contributed by atoms with Crippen LogP contribution < -0.4 is 5.32 Å². The van der Waals surface area contributed by atoms with Crippen LogP contribution in [-0.4, -0.2) is 55.6 Å². The molecule has 0 aromatic heterocycles. The maximum atomic E-state index is 13.5. The minimum Gasteiger partial charge on any atom is -0.354 e. The number of likely N-dealkylation sites (N-methyl/N-ethyl adjacent to an activating group) is 1. The smallest absolute Gasteiger partial charge is 0.243 e. The van der Waals surface area contributed by atoms with Gasteiger partial charge in [0.05, 0.1) is 11.4 Å². The molecule has 1 atom stereocenters. The second-order valence-corrected chi connectivity index (χ2v) is 10.5. The fourth-order valence-corrected chi connectivity index (χ4v) is 5.10. The van der Waals surface area contributed by atoms with Gasteiger partial charge in [0.15, 0.2) is 0 Å². The molecule has 3 aromatic carbocycles. The van der Waals surface area contributed by atoms with Crippen LogP contribution in [0.1, 0.15) is 32.3 Å². The molecule has 0 aliphatic heterocycles. The Balaban J connectivity index is 1.85. The van der Waals surface area contributed by atoms with Gasteiger partial charge in [0.25, 0.3) is 0 Å². The molecule has 7 nitrogen and oxygen atoms in total. The lowest BCUT2D eigenvalue weighted by Gasteiger charge is -2.32. The number of amides is 2. The van der Waals surface area contributed by atoms with Gasteiger partial charge in [-0.05, 0) is 41.3 Å². The summed E-state index contributed by atoms with van der Waals surface area (Å²) in [6.07, 6.45) is 1.19. The summed E-state index contributed by atoms with van der Waals surface area (Å²) in [5.74, 6) is -0.669. The Morgan fingerprint density at radius 2 is 1.57 bits per heavy atom. The molecule has 0 aliphatic carbocycles. The summed E-state index contributed by atoms with van der Waals surface area (Å²) in [5, 5.41) is 4.60. The molecule has 3 rings (SSSR count). The Morgan fingerprint density at radius 3 is 2.23 bits per heavy atom. The maximum Gasteiger partial charge on any atom is 0.243 e. The third-order valence-corrected chi connectivity index (χ3v) is 7.72. The largest absolute Gasteiger partial charge is 0.354 e. The second kappa shape index (κ2) is 12.0. The summed E-state index contributed by atoms with van der Waals surface area (Å²) in [7, 11) is -2.52. The fourth-order valence-electron chi connectivity index (χ4n) is 3.94. The van der Waals surface area contributed by atoms with Crippen LogP contribution in [0, 0.1) is 0 Å². The lowest BCUT2D eigenvalue weighted by molar-refractivity contribution is -0.141. The molecular weight excluding hydrogens is 462 g/mol. The summed E-state index contributed by atoms with van der Waals surface area (Å²) < 4.78 is 27.6. The Kier molecular flexibility index (Phi) is 9.01. The van der Waals surface area contributed by atoms with E-state index in [0.717, 1.165) is 27.1 Å². The molecular formula is C27H33N3O4S. The summed E-state index contributed by atoms with van der Waals surface area (Å²) >= 11 is 0. The van der Waals surface area contributed by atoms with Crippen molar-refractivity contribution in [3.63, 3.8) is 0 Å². The molecule has 0 aliphatic rings. The minimum atomic E-state index is -3.91. The molecule has 2 amide bonds. The average molecular weight is 496 g/mol. The van der Waals surface area contributed by atoms with Gasteiger partial charge in [-0.15, -0.1) is 0 Å². The van der Waals surface area contributed by atoms with Gasteiger partial charge < -0.3 is 10.2 Å². The molecule has 186 valence electrons. The van der Waals surface area contributed by atoms with Crippen LogP contribution in [0.2, 0.25) is 0 Å². The summed E-state index contributed by atoms with van der Waals surface area (Å²) in [4.78, 5) is 27.9. The number of benzene rings is 3. The van der Waals surface area contributed by atoms with Crippen molar-refractivity contribution in [1.82, 2.24) is 14.5 Å². The van der Waals surface area contributed by atoms with Crippen LogP contribution in [0.5, 0.6) is 0 Å². The van der Waals surface area contributed by atoms with Gasteiger partial charge in [0.1, 0.15) is 6.04 Å². The van der Waals surface area contributed by atoms with E-state index in [-0.39, 0.29) is 23.9 Å². The number of carbonyl (C=O) groups excluding carboxylic acids is 2. The molecule has 0 spiro atoms. The van der Waals surface area contributed by atoms with Gasteiger partial charge in [-0.25, -0.2) is 8.42 Å². The maximum absolute atomic E-state index is 13.5. The van der Waals surface area contributed by atoms with Crippen molar-refractivity contribution in [2.45, 2.75) is 44.2 Å². The summed E-state index contributed by atoms with van der Waals surface area (Å²) in [6, 6.07) is 21.1. The van der Waals surface area contributed by atoms with E-state index in [9.17, 15) is 18.0 Å². The first-order valence-corrected chi connectivity index (χ1v) is 13.3. The van der Waals surface area contributed by atoms with E-state index < -0.39 is 22.0 Å². The number of hydrogen-bond donors (Lipinski definition) is 1. The predicted octanol–water partition coefficient (Wildman–Crippen LogP) is 3.79. The number of carbonyl (C=O) groups is 2. The minimum absolute atomic E-state index is 0.119. The van der Waals surface area contributed by atoms with E-state index in [2.05, 4.69) is 5.32 Å². The van der Waals surface area contributed by atoms with E-state index in [4.69, 9.17) is 0 Å². The standard InChI is InChI=1S/C27H33N3O4S/c1-4-17-28-27(32)25(5-2)30(19-21-11-7-6-8-12-21)26(31)20-29(3)35(33,34)24-16-15-22-13-9-10-14-23(22)18-24/h6-16,18,25H,4-5,17,19-20H2,1-3H3,(H,28,32)/t25-/m1/s1. The molecule has 0 heterocycles. The predicted molar refractivity (Wildman–Crippen MR) is 138 cm³/mol. The lowest BCUT2D eigenvalue weighted by atomic mass is 10.1. The number of nitrogens with one attached hydrogen (secondary N) is 1. The average Bonchev–Trinajstić information content (AvgIpc) is 2.87. The number of hydrogen-bond acceptors (Lipinski definition) is 4. The van der Waals surface area contributed by atoms with Crippen LogP contribution in [0.3, 0.4) is 0 Å². The lowest BCUT2D eigenvalue weighted by Crippen LogP contribution is -2.51. The highest BCUT2D eigenvalue weighted by Crippen LogP contribution is 2.22. The zero-order valence-electron chi connectivity index (χ0n) is 20.5. The first-order chi connectivity index (χ1) is 16.8. The topological polar surface area (TPSA) is 86.8 Å². The molecule has 0 fully saturated rings. The van der Waals surface area contributed by atoms with Crippen molar-refractivity contribution in [2.24, 2.45) is 0 Å². The fraction of sp³-hybridized carbons (Fsp3) is 0.333. The van der Waals surface area contributed by atoms with Crippen LogP contribution in [0.25, 0.3) is 10.8 Å². The zero-order chi connectivity index (χ0) is 25.4. The van der Waals surface area contributed by atoms with Crippen LogP contribution in [0.4, 0.5) is 0 Å². The van der Waals surface area contributed by atoms with Crippen molar-refractivity contribution in [1.29, 1.82) is 0 Å². The Hall–Kier alpha value is -3.23. The third kappa shape index (κ3) is 6.46. The Bertz CT molecular complexity index is 1260. The van der Waals surface area contributed by atoms with E-state index >= 15 is 0 Å². The molecule has 8 heteroatoms. The highest BCUT2D eigenvalue weighted by molar-refractivity contribution is 7.89. The van der Waals surface area contributed by atoms with E-state index in [1.54, 1.807) is 18.2 Å². The highest BCUT2D eigenvalue weighted by atomic mass is 32.2. The Labute approximate surface area is 207 Å². The number of nitrogens with zero attached hydrogens (tertiary/aromatic N) is 2. The van der Waals surface area contributed by atoms with Crippen molar-refractivity contribution in [3.05, 3.63) is 78.4 Å². The molecule has 0 saturated heterocycles. The monoisotopic (exact) mass is 495 g/mol. The second-order valence-electron chi connectivity index (χ2n) is 8.49. The zero-order valence-corrected chi connectivity index (χ0v) is 21.3. The van der Waals surface area contributed by atoms with Crippen LogP contribution in [-0.2, 0) is 26.2 Å². The number of rotatable bonds is 11. The van der Waals surface area contributed by atoms with Gasteiger partial charge in [-0.1, -0.05) is 74.5 Å². The van der Waals surface area contributed by atoms with Crippen molar-refractivity contribution < 1.29 is 18.0 Å². The van der Waals surface area contributed by atoms with Crippen molar-refractivity contribution in [3.8, 4) is 0 Å². The van der Waals surface area contributed by atoms with E-state index in [0.29, 0.717) is 13.0 Å². The third-order valence-electron chi connectivity index (χ3n) is 5.92. The number of sulfonamides is 1. The van der Waals surface area contributed by atoms with Gasteiger partial charge in [-0.2, -0.15) is 4.31 Å². The molecule has 0 radical (unpaired) electrons. The van der Waals surface area contributed by atoms with E-state index in [1.807, 2.05) is 68.4 Å². The summed E-state index contributed by atoms with van der Waals surface area (Å²) in [5.41, 5.74) is 0.864. The molecule has 0 unspecified atom stereocenters. The van der Waals surface area contributed by atoms with Gasteiger partial charge in [0, 0.05) is 20.1 Å². The molecule has 0 bridgehead atoms. The SMILES string of the molecule is CCCNC(=O)[C@@H](CC)N(Cc1ccccc1)C(=O)CN(C)S(=O)(=O)c1ccc2ccccc2c1. The van der Waals surface area contributed by atoms with Gasteiger partial charge in [0.2, 0.25) is 21.8 Å². The van der Waals surface area contributed by atoms with Crippen molar-refractivity contribution >= 4 is 32.6 Å². The molecule has 3 aromatic rings. The Morgan fingerprint density at radius 1 is 0.914 bits per heavy atom. The normalized spacial score (nSPS) is 12.5. The first kappa shape index (κ1) is 26.4. The first-order valence-electron chi connectivity index (χ1n) is 11.8. The van der Waals surface area contributed by atoms with Crippen LogP contribution >= 0.6 is 0 Å². The van der Waals surface area contributed by atoms with Crippen LogP contribution in [0.15, 0.2) is 77.7 Å². The summed E-state index contributed by atoms with van der Waals surface area (Å²) in [6.45, 7) is 4.15. The quantitative estimate of drug-likeness (QED) is 0.438. The molecule has 1 N–H and O–H groups in total. The number of fused-ring (bicyclic) bond motifs is 1. The van der Waals surface area contributed by atoms with Gasteiger partial charge in [-0.3, -0.25) is 9.59 Å². The van der Waals surface area contributed by atoms with Crippen molar-refractivity contribution in [2.75, 3.05) is 20.1 Å². The highest BCUT2D eigenvalue weighted by Gasteiger charge is 2.31. The van der Waals surface area contributed by atoms with E-state index in [1.165, 1.54) is 11.9 Å². The van der Waals surface area contributed by atoms with Gasteiger partial charge >= 0.3 is 0 Å². The molecule has 0 saturated carbocycles.